The highest BCUT2D eigenvalue weighted by Crippen LogP contribution is 2.46. The van der Waals surface area contributed by atoms with Gasteiger partial charge in [0.2, 0.25) is 0 Å². The molecule has 0 unspecified atom stereocenters. The lowest BCUT2D eigenvalue weighted by Crippen LogP contribution is -2.44. The van der Waals surface area contributed by atoms with Crippen molar-refractivity contribution in [3.05, 3.63) is 131 Å². The third-order valence-corrected chi connectivity index (χ3v) is 6.99. The third-order valence-electron chi connectivity index (χ3n) is 6.99. The predicted octanol–water partition coefficient (Wildman–Crippen LogP) is 6.98. The van der Waals surface area contributed by atoms with Crippen LogP contribution in [0.25, 0.3) is 11.1 Å². The highest BCUT2D eigenvalue weighted by Gasteiger charge is 2.46. The highest BCUT2D eigenvalue weighted by molar-refractivity contribution is 5.88. The number of hydrogen-bond donors (Lipinski definition) is 0. The maximum Gasteiger partial charge on any atom is 0.321 e. The van der Waals surface area contributed by atoms with Gasteiger partial charge in [0, 0.05) is 5.92 Å². The summed E-state index contributed by atoms with van der Waals surface area (Å²) in [5.74, 6) is -0.146. The van der Waals surface area contributed by atoms with Crippen molar-refractivity contribution in [2.75, 3.05) is 6.61 Å². The van der Waals surface area contributed by atoms with Gasteiger partial charge in [-0.05, 0) is 39.3 Å². The van der Waals surface area contributed by atoms with Gasteiger partial charge in [-0.3, -0.25) is 4.79 Å². The fourth-order valence-corrected chi connectivity index (χ4v) is 5.42. The lowest BCUT2D eigenvalue weighted by atomic mass is 9.67. The summed E-state index contributed by atoms with van der Waals surface area (Å²) in [6.07, 6.45) is 0. The number of hydrogen-bond acceptors (Lipinski definition) is 2. The molecule has 0 aliphatic heterocycles. The van der Waals surface area contributed by atoms with E-state index in [4.69, 9.17) is 4.74 Å². The van der Waals surface area contributed by atoms with Crippen molar-refractivity contribution in [2.24, 2.45) is 5.92 Å². The molecule has 0 amide bonds. The Morgan fingerprint density at radius 1 is 0.697 bits per heavy atom. The van der Waals surface area contributed by atoms with E-state index >= 15 is 0 Å². The van der Waals surface area contributed by atoms with E-state index in [0.717, 1.165) is 11.1 Å². The van der Waals surface area contributed by atoms with E-state index in [1.54, 1.807) is 0 Å². The molecule has 1 aliphatic rings. The topological polar surface area (TPSA) is 26.3 Å². The highest BCUT2D eigenvalue weighted by atomic mass is 16.5. The molecule has 5 rings (SSSR count). The van der Waals surface area contributed by atoms with Crippen LogP contribution in [0.2, 0.25) is 0 Å². The maximum atomic E-state index is 14.1. The maximum absolute atomic E-state index is 14.1. The Kier molecular flexibility index (Phi) is 5.60. The minimum Gasteiger partial charge on any atom is -0.464 e. The van der Waals surface area contributed by atoms with Gasteiger partial charge in [-0.2, -0.15) is 0 Å². The summed E-state index contributed by atoms with van der Waals surface area (Å²) >= 11 is 0. The Balaban J connectivity index is 1.53. The van der Waals surface area contributed by atoms with E-state index in [9.17, 15) is 4.79 Å². The summed E-state index contributed by atoms with van der Waals surface area (Å²) in [5.41, 5.74) is 5.96. The summed E-state index contributed by atoms with van der Waals surface area (Å²) in [6.45, 7) is 4.52. The number of esters is 1. The molecule has 0 saturated heterocycles. The van der Waals surface area contributed by atoms with Gasteiger partial charge in [-0.15, -0.1) is 0 Å². The number of benzene rings is 4. The molecule has 0 spiro atoms. The number of ether oxygens (including phenoxy) is 1. The SMILES string of the molecule is CC(C)C(C(=O)OCC1c2ccccc2-c2ccccc21)(c1ccccc1)c1ccccc1. The van der Waals surface area contributed by atoms with Crippen LogP contribution in [0.1, 0.15) is 42.0 Å². The van der Waals surface area contributed by atoms with Gasteiger partial charge < -0.3 is 4.74 Å². The molecule has 164 valence electrons. The monoisotopic (exact) mass is 432 g/mol. The summed E-state index contributed by atoms with van der Waals surface area (Å²) in [6, 6.07) is 37.0. The van der Waals surface area contributed by atoms with Crippen LogP contribution in [0.5, 0.6) is 0 Å². The van der Waals surface area contributed by atoms with Gasteiger partial charge in [0.1, 0.15) is 12.0 Å². The Labute approximate surface area is 195 Å². The molecule has 0 N–H and O–H groups in total. The molecule has 0 saturated carbocycles. The average Bonchev–Trinajstić information content (AvgIpc) is 3.18. The summed E-state index contributed by atoms with van der Waals surface area (Å²) in [7, 11) is 0. The molecule has 2 heteroatoms. The molecule has 33 heavy (non-hydrogen) atoms. The molecule has 0 bridgehead atoms. The average molecular weight is 433 g/mol. The van der Waals surface area contributed by atoms with Gasteiger partial charge in [-0.1, -0.05) is 123 Å². The zero-order chi connectivity index (χ0) is 22.8. The number of rotatable bonds is 6. The van der Waals surface area contributed by atoms with E-state index in [0.29, 0.717) is 6.61 Å². The smallest absolute Gasteiger partial charge is 0.321 e. The Morgan fingerprint density at radius 3 is 1.58 bits per heavy atom. The van der Waals surface area contributed by atoms with Crippen LogP contribution in [0, 0.1) is 5.92 Å². The van der Waals surface area contributed by atoms with Gasteiger partial charge in [-0.25, -0.2) is 0 Å². The molecule has 0 heterocycles. The number of carbonyl (C=O) groups excluding carboxylic acids is 1. The lowest BCUT2D eigenvalue weighted by Gasteiger charge is -2.36. The number of carbonyl (C=O) groups is 1. The van der Waals surface area contributed by atoms with Crippen molar-refractivity contribution in [3.63, 3.8) is 0 Å². The Bertz CT molecular complexity index is 1170. The summed E-state index contributed by atoms with van der Waals surface area (Å²) in [5, 5.41) is 0. The normalized spacial score (nSPS) is 12.9. The predicted molar refractivity (Wildman–Crippen MR) is 133 cm³/mol. The van der Waals surface area contributed by atoms with Crippen LogP contribution in [0.3, 0.4) is 0 Å². The van der Waals surface area contributed by atoms with Crippen molar-refractivity contribution < 1.29 is 9.53 Å². The Morgan fingerprint density at radius 2 is 1.12 bits per heavy atom. The molecule has 0 aromatic heterocycles. The second-order valence-corrected chi connectivity index (χ2v) is 9.02. The van der Waals surface area contributed by atoms with Crippen molar-refractivity contribution in [1.29, 1.82) is 0 Å². The van der Waals surface area contributed by atoms with Crippen molar-refractivity contribution >= 4 is 5.97 Å². The third kappa shape index (κ3) is 3.47. The minimum atomic E-state index is -0.875. The second kappa shape index (κ2) is 8.71. The van der Waals surface area contributed by atoms with Crippen molar-refractivity contribution in [1.82, 2.24) is 0 Å². The first-order valence-electron chi connectivity index (χ1n) is 11.6. The molecule has 0 radical (unpaired) electrons. The molecule has 2 nitrogen and oxygen atoms in total. The first-order chi connectivity index (χ1) is 16.1. The summed E-state index contributed by atoms with van der Waals surface area (Å²) in [4.78, 5) is 14.1. The van der Waals surface area contributed by atoms with E-state index in [1.807, 2.05) is 60.7 Å². The second-order valence-electron chi connectivity index (χ2n) is 9.02. The largest absolute Gasteiger partial charge is 0.464 e. The standard InChI is InChI=1S/C31H28O2/c1-22(2)31(23-13-5-3-6-14-23,24-15-7-4-8-16-24)30(32)33-21-29-27-19-11-9-17-25(27)26-18-10-12-20-28(26)29/h3-20,22,29H,21H2,1-2H3. The van der Waals surface area contributed by atoms with Crippen LogP contribution >= 0.6 is 0 Å². The van der Waals surface area contributed by atoms with E-state index in [1.165, 1.54) is 22.3 Å². The van der Waals surface area contributed by atoms with E-state index in [2.05, 4.69) is 62.4 Å². The number of fused-ring (bicyclic) bond motifs is 3. The molecule has 0 atom stereocenters. The van der Waals surface area contributed by atoms with E-state index in [-0.39, 0.29) is 17.8 Å². The molecule has 4 aromatic rings. The fraction of sp³-hybridized carbons (Fsp3) is 0.194. The molecule has 4 aromatic carbocycles. The minimum absolute atomic E-state index is 0.0120. The van der Waals surface area contributed by atoms with Crippen LogP contribution < -0.4 is 0 Å². The van der Waals surface area contributed by atoms with Gasteiger partial charge in [0.15, 0.2) is 0 Å². The van der Waals surface area contributed by atoms with Crippen LogP contribution in [0.4, 0.5) is 0 Å². The molecule has 0 fully saturated rings. The first-order valence-corrected chi connectivity index (χ1v) is 11.6. The first kappa shape index (κ1) is 21.2. The van der Waals surface area contributed by atoms with Crippen molar-refractivity contribution in [2.45, 2.75) is 25.2 Å². The summed E-state index contributed by atoms with van der Waals surface area (Å²) < 4.78 is 6.24. The van der Waals surface area contributed by atoms with Crippen LogP contribution in [-0.2, 0) is 14.9 Å². The zero-order valence-corrected chi connectivity index (χ0v) is 19.1. The Hall–Kier alpha value is -3.65. The van der Waals surface area contributed by atoms with Gasteiger partial charge in [0.25, 0.3) is 0 Å². The lowest BCUT2D eigenvalue weighted by molar-refractivity contribution is -0.151. The molecular weight excluding hydrogens is 404 g/mol. The van der Waals surface area contributed by atoms with Gasteiger partial charge in [0.05, 0.1) is 0 Å². The quantitative estimate of drug-likeness (QED) is 0.307. The van der Waals surface area contributed by atoms with Crippen LogP contribution in [-0.4, -0.2) is 12.6 Å². The van der Waals surface area contributed by atoms with E-state index < -0.39 is 5.41 Å². The zero-order valence-electron chi connectivity index (χ0n) is 19.1. The van der Waals surface area contributed by atoms with Gasteiger partial charge >= 0.3 is 5.97 Å². The fourth-order valence-electron chi connectivity index (χ4n) is 5.42. The molecular formula is C31H28O2. The van der Waals surface area contributed by atoms with Crippen LogP contribution in [0.15, 0.2) is 109 Å². The molecule has 1 aliphatic carbocycles. The van der Waals surface area contributed by atoms with Crippen molar-refractivity contribution in [3.8, 4) is 11.1 Å².